The lowest BCUT2D eigenvalue weighted by Gasteiger charge is -2.12. The first-order chi connectivity index (χ1) is 14.1. The summed E-state index contributed by atoms with van der Waals surface area (Å²) in [7, 11) is 2.79. The minimum atomic E-state index is -0.468. The number of benzene rings is 3. The summed E-state index contributed by atoms with van der Waals surface area (Å²) >= 11 is 0. The summed E-state index contributed by atoms with van der Waals surface area (Å²) < 4.78 is 15.7. The van der Waals surface area contributed by atoms with Crippen LogP contribution in [0.15, 0.2) is 60.7 Å². The fourth-order valence-corrected chi connectivity index (χ4v) is 3.56. The van der Waals surface area contributed by atoms with Gasteiger partial charge in [0.25, 0.3) is 0 Å². The van der Waals surface area contributed by atoms with Gasteiger partial charge in [0.2, 0.25) is 0 Å². The SMILES string of the molecule is COC(=O)c1ccc(OCC(=O)c2ccc3c(c2)-c2ccccc2C3)c(OC)c1. The fourth-order valence-electron chi connectivity index (χ4n) is 3.56. The van der Waals surface area contributed by atoms with Crippen molar-refractivity contribution in [1.82, 2.24) is 0 Å². The quantitative estimate of drug-likeness (QED) is 0.364. The number of methoxy groups -OCH3 is 2. The topological polar surface area (TPSA) is 61.8 Å². The first kappa shape index (κ1) is 18.7. The van der Waals surface area contributed by atoms with Crippen LogP contribution >= 0.6 is 0 Å². The molecule has 1 aliphatic rings. The van der Waals surface area contributed by atoms with Crippen LogP contribution in [0.25, 0.3) is 11.1 Å². The number of rotatable bonds is 6. The fraction of sp³-hybridized carbons (Fsp3) is 0.167. The third kappa shape index (κ3) is 3.59. The van der Waals surface area contributed by atoms with Gasteiger partial charge in [-0.3, -0.25) is 4.79 Å². The molecule has 0 unspecified atom stereocenters. The highest BCUT2D eigenvalue weighted by Gasteiger charge is 2.20. The highest BCUT2D eigenvalue weighted by atomic mass is 16.5. The molecule has 0 fully saturated rings. The van der Waals surface area contributed by atoms with Crippen molar-refractivity contribution in [3.8, 4) is 22.6 Å². The molecule has 5 heteroatoms. The monoisotopic (exact) mass is 388 g/mol. The van der Waals surface area contributed by atoms with E-state index in [2.05, 4.69) is 12.1 Å². The molecule has 0 radical (unpaired) electrons. The van der Waals surface area contributed by atoms with Crippen molar-refractivity contribution in [3.05, 3.63) is 82.9 Å². The molecule has 0 aliphatic heterocycles. The van der Waals surface area contributed by atoms with E-state index in [4.69, 9.17) is 14.2 Å². The Morgan fingerprint density at radius 3 is 2.38 bits per heavy atom. The van der Waals surface area contributed by atoms with Crippen LogP contribution in [0.4, 0.5) is 0 Å². The molecule has 4 rings (SSSR count). The summed E-state index contributed by atoms with van der Waals surface area (Å²) in [6.07, 6.45) is 0.889. The zero-order valence-corrected chi connectivity index (χ0v) is 16.2. The minimum absolute atomic E-state index is 0.128. The molecular weight excluding hydrogens is 368 g/mol. The van der Waals surface area contributed by atoms with Gasteiger partial charge in [0.05, 0.1) is 19.8 Å². The lowest BCUT2D eigenvalue weighted by atomic mass is 10.0. The number of esters is 1. The highest BCUT2D eigenvalue weighted by Crippen LogP contribution is 2.37. The summed E-state index contributed by atoms with van der Waals surface area (Å²) in [5, 5.41) is 0. The van der Waals surface area contributed by atoms with E-state index in [9.17, 15) is 9.59 Å². The molecule has 0 atom stereocenters. The second-order valence-electron chi connectivity index (χ2n) is 6.77. The van der Waals surface area contributed by atoms with E-state index in [1.54, 1.807) is 12.1 Å². The molecular formula is C24H20O5. The van der Waals surface area contributed by atoms with Gasteiger partial charge in [-0.15, -0.1) is 0 Å². The molecule has 146 valence electrons. The Kier molecular flexibility index (Phi) is 5.04. The first-order valence-electron chi connectivity index (χ1n) is 9.24. The van der Waals surface area contributed by atoms with Crippen LogP contribution in [-0.2, 0) is 11.2 Å². The number of hydrogen-bond donors (Lipinski definition) is 0. The minimum Gasteiger partial charge on any atom is -0.493 e. The van der Waals surface area contributed by atoms with Crippen molar-refractivity contribution in [1.29, 1.82) is 0 Å². The van der Waals surface area contributed by atoms with Crippen molar-refractivity contribution < 1.29 is 23.8 Å². The summed E-state index contributed by atoms with van der Waals surface area (Å²) in [6, 6.07) is 18.7. The van der Waals surface area contributed by atoms with Crippen molar-refractivity contribution in [2.24, 2.45) is 0 Å². The van der Waals surface area contributed by atoms with E-state index in [0.29, 0.717) is 22.6 Å². The van der Waals surface area contributed by atoms with E-state index < -0.39 is 5.97 Å². The number of fused-ring (bicyclic) bond motifs is 3. The summed E-state index contributed by atoms with van der Waals surface area (Å²) in [5.41, 5.74) is 5.73. The molecule has 5 nitrogen and oxygen atoms in total. The van der Waals surface area contributed by atoms with Crippen LogP contribution in [-0.4, -0.2) is 32.6 Å². The maximum absolute atomic E-state index is 12.7. The van der Waals surface area contributed by atoms with Crippen LogP contribution in [0.3, 0.4) is 0 Å². The number of carbonyl (C=O) groups excluding carboxylic acids is 2. The number of carbonyl (C=O) groups is 2. The zero-order chi connectivity index (χ0) is 20.4. The van der Waals surface area contributed by atoms with Crippen LogP contribution in [0.2, 0.25) is 0 Å². The van der Waals surface area contributed by atoms with Crippen molar-refractivity contribution in [3.63, 3.8) is 0 Å². The van der Waals surface area contributed by atoms with Crippen LogP contribution in [0.5, 0.6) is 11.5 Å². The highest BCUT2D eigenvalue weighted by molar-refractivity contribution is 5.99. The Balaban J connectivity index is 1.51. The molecule has 0 N–H and O–H groups in total. The normalized spacial score (nSPS) is 11.4. The van der Waals surface area contributed by atoms with E-state index >= 15 is 0 Å². The second-order valence-corrected chi connectivity index (χ2v) is 6.77. The summed E-state index contributed by atoms with van der Waals surface area (Å²) in [6.45, 7) is -0.131. The van der Waals surface area contributed by atoms with Gasteiger partial charge in [0.1, 0.15) is 0 Å². The van der Waals surface area contributed by atoms with Crippen LogP contribution in [0, 0.1) is 0 Å². The average Bonchev–Trinajstić information content (AvgIpc) is 3.14. The van der Waals surface area contributed by atoms with Gasteiger partial charge in [-0.05, 0) is 52.9 Å². The third-order valence-corrected chi connectivity index (χ3v) is 5.06. The molecule has 1 aliphatic carbocycles. The van der Waals surface area contributed by atoms with Gasteiger partial charge in [-0.2, -0.15) is 0 Å². The molecule has 0 spiro atoms. The van der Waals surface area contributed by atoms with E-state index in [-0.39, 0.29) is 12.4 Å². The third-order valence-electron chi connectivity index (χ3n) is 5.06. The first-order valence-corrected chi connectivity index (χ1v) is 9.24. The predicted octanol–water partition coefficient (Wildman–Crippen LogP) is 4.31. The molecule has 0 bridgehead atoms. The van der Waals surface area contributed by atoms with Crippen molar-refractivity contribution in [2.75, 3.05) is 20.8 Å². The van der Waals surface area contributed by atoms with Crippen molar-refractivity contribution in [2.45, 2.75) is 6.42 Å². The van der Waals surface area contributed by atoms with E-state index in [1.807, 2.05) is 30.3 Å². The Hall–Kier alpha value is -3.60. The molecule has 29 heavy (non-hydrogen) atoms. The molecule has 0 aromatic heterocycles. The molecule has 3 aromatic carbocycles. The van der Waals surface area contributed by atoms with Gasteiger partial charge in [0.15, 0.2) is 23.9 Å². The Labute approximate surface area is 168 Å². The van der Waals surface area contributed by atoms with E-state index in [1.165, 1.54) is 37.0 Å². The van der Waals surface area contributed by atoms with Gasteiger partial charge < -0.3 is 14.2 Å². The molecule has 0 saturated heterocycles. The molecule has 3 aromatic rings. The lowest BCUT2D eigenvalue weighted by Crippen LogP contribution is -2.12. The van der Waals surface area contributed by atoms with Crippen LogP contribution < -0.4 is 9.47 Å². The maximum atomic E-state index is 12.7. The number of ether oxygens (including phenoxy) is 3. The van der Waals surface area contributed by atoms with Gasteiger partial charge in [0, 0.05) is 5.56 Å². The van der Waals surface area contributed by atoms with E-state index in [0.717, 1.165) is 12.0 Å². The number of Topliss-reactive ketones (excluding diaryl/α,β-unsaturated/α-hetero) is 1. The Morgan fingerprint density at radius 2 is 1.59 bits per heavy atom. The van der Waals surface area contributed by atoms with Gasteiger partial charge in [-0.25, -0.2) is 4.79 Å². The van der Waals surface area contributed by atoms with Crippen LogP contribution in [0.1, 0.15) is 31.8 Å². The average molecular weight is 388 g/mol. The van der Waals surface area contributed by atoms with Gasteiger partial charge in [-0.1, -0.05) is 36.4 Å². The zero-order valence-electron chi connectivity index (χ0n) is 16.2. The summed E-state index contributed by atoms with van der Waals surface area (Å²) in [5.74, 6) is 0.157. The summed E-state index contributed by atoms with van der Waals surface area (Å²) in [4.78, 5) is 24.4. The molecule has 0 saturated carbocycles. The second kappa shape index (κ2) is 7.80. The van der Waals surface area contributed by atoms with Gasteiger partial charge >= 0.3 is 5.97 Å². The molecule has 0 amide bonds. The smallest absolute Gasteiger partial charge is 0.337 e. The molecule has 0 heterocycles. The predicted molar refractivity (Wildman–Crippen MR) is 109 cm³/mol. The number of hydrogen-bond acceptors (Lipinski definition) is 5. The largest absolute Gasteiger partial charge is 0.493 e. The van der Waals surface area contributed by atoms with Crippen molar-refractivity contribution >= 4 is 11.8 Å². The lowest BCUT2D eigenvalue weighted by molar-refractivity contribution is 0.0600. The Morgan fingerprint density at radius 1 is 0.828 bits per heavy atom. The number of ketones is 1. The standard InChI is InChI=1S/C24H20O5/c1-27-23-13-18(24(26)28-2)9-10-22(23)29-14-21(25)17-8-7-16-11-15-5-3-4-6-19(15)20(16)12-17/h3-10,12-13H,11,14H2,1-2H3. The Bertz CT molecular complexity index is 1100. The maximum Gasteiger partial charge on any atom is 0.337 e.